The van der Waals surface area contributed by atoms with E-state index in [1.807, 2.05) is 13.8 Å². The van der Waals surface area contributed by atoms with Crippen LogP contribution in [0.2, 0.25) is 0 Å². The number of phenolic OH excluding ortho intramolecular Hbond substituents is 1. The van der Waals surface area contributed by atoms with E-state index in [1.54, 1.807) is 18.2 Å². The zero-order chi connectivity index (χ0) is 9.14. The minimum Gasteiger partial charge on any atom is -0.508 e. The number of phenols is 1. The monoisotopic (exact) mass is 161 g/mol. The highest BCUT2D eigenvalue weighted by Gasteiger charge is 2.06. The fourth-order valence-corrected chi connectivity index (χ4v) is 1.11. The second-order valence-corrected chi connectivity index (χ2v) is 3.01. The van der Waals surface area contributed by atoms with Gasteiger partial charge in [-0.3, -0.25) is 0 Å². The maximum Gasteiger partial charge on any atom is 0.190 e. The summed E-state index contributed by atoms with van der Waals surface area (Å²) in [6, 6.07) is 4.84. The molecule has 2 heteroatoms. The van der Waals surface area contributed by atoms with Gasteiger partial charge in [0.25, 0.3) is 0 Å². The first-order valence-electron chi connectivity index (χ1n) is 3.85. The van der Waals surface area contributed by atoms with Crippen molar-refractivity contribution in [2.45, 2.75) is 19.8 Å². The Morgan fingerprint density at radius 1 is 1.42 bits per heavy atom. The molecule has 1 aromatic rings. The first-order chi connectivity index (χ1) is 5.65. The zero-order valence-electron chi connectivity index (χ0n) is 7.20. The Morgan fingerprint density at radius 2 is 2.08 bits per heavy atom. The fraction of sp³-hybridized carbons (Fsp3) is 0.300. The van der Waals surface area contributed by atoms with Gasteiger partial charge in [0.05, 0.1) is 6.57 Å². The van der Waals surface area contributed by atoms with E-state index in [4.69, 9.17) is 6.57 Å². The van der Waals surface area contributed by atoms with E-state index < -0.39 is 0 Å². The molecule has 0 heterocycles. The Bertz CT molecular complexity index is 323. The number of rotatable bonds is 1. The minimum absolute atomic E-state index is 0.228. The lowest BCUT2D eigenvalue weighted by molar-refractivity contribution is 0.474. The number of nitrogens with zero attached hydrogens (tertiary/aromatic N) is 1. The van der Waals surface area contributed by atoms with Crippen LogP contribution in [0.1, 0.15) is 25.3 Å². The summed E-state index contributed by atoms with van der Waals surface area (Å²) < 4.78 is 0. The molecule has 1 aromatic carbocycles. The van der Waals surface area contributed by atoms with Crippen LogP contribution in [0.3, 0.4) is 0 Å². The van der Waals surface area contributed by atoms with Crippen LogP contribution in [0, 0.1) is 6.57 Å². The molecule has 0 saturated heterocycles. The van der Waals surface area contributed by atoms with Crippen LogP contribution in [0.25, 0.3) is 4.85 Å². The molecule has 1 rings (SSSR count). The minimum atomic E-state index is 0.228. The molecule has 0 atom stereocenters. The first kappa shape index (κ1) is 8.61. The summed E-state index contributed by atoms with van der Waals surface area (Å²) >= 11 is 0. The third kappa shape index (κ3) is 1.57. The lowest BCUT2D eigenvalue weighted by atomic mass is 10.0. The van der Waals surface area contributed by atoms with E-state index in [9.17, 15) is 5.11 Å². The van der Waals surface area contributed by atoms with Gasteiger partial charge in [-0.15, -0.1) is 0 Å². The largest absolute Gasteiger partial charge is 0.508 e. The van der Waals surface area contributed by atoms with Gasteiger partial charge in [0, 0.05) is 0 Å². The molecule has 0 aliphatic heterocycles. The van der Waals surface area contributed by atoms with Gasteiger partial charge < -0.3 is 5.11 Å². The summed E-state index contributed by atoms with van der Waals surface area (Å²) in [7, 11) is 0. The number of aromatic hydroxyl groups is 1. The van der Waals surface area contributed by atoms with Crippen molar-refractivity contribution in [2.75, 3.05) is 0 Å². The van der Waals surface area contributed by atoms with E-state index in [1.165, 1.54) is 0 Å². The van der Waals surface area contributed by atoms with Crippen LogP contribution in [0.4, 0.5) is 5.69 Å². The second kappa shape index (κ2) is 3.27. The molecule has 0 bridgehead atoms. The van der Waals surface area contributed by atoms with Gasteiger partial charge >= 0.3 is 0 Å². The molecule has 62 valence electrons. The number of hydrogen-bond donors (Lipinski definition) is 1. The van der Waals surface area contributed by atoms with E-state index in [0.29, 0.717) is 5.69 Å². The molecule has 0 fully saturated rings. The van der Waals surface area contributed by atoms with Crippen molar-refractivity contribution >= 4 is 5.69 Å². The molecule has 0 aromatic heterocycles. The Morgan fingerprint density at radius 3 is 2.58 bits per heavy atom. The smallest absolute Gasteiger partial charge is 0.190 e. The molecule has 0 aliphatic rings. The van der Waals surface area contributed by atoms with E-state index in [0.717, 1.165) is 5.56 Å². The van der Waals surface area contributed by atoms with Crippen molar-refractivity contribution in [3.63, 3.8) is 0 Å². The van der Waals surface area contributed by atoms with Crippen LogP contribution in [-0.2, 0) is 0 Å². The third-order valence-electron chi connectivity index (χ3n) is 1.75. The van der Waals surface area contributed by atoms with E-state index in [2.05, 4.69) is 4.85 Å². The van der Waals surface area contributed by atoms with Gasteiger partial charge in [-0.2, -0.15) is 0 Å². The highest BCUT2D eigenvalue weighted by atomic mass is 16.3. The van der Waals surface area contributed by atoms with Gasteiger partial charge in [0.15, 0.2) is 5.69 Å². The van der Waals surface area contributed by atoms with Crippen LogP contribution in [0.15, 0.2) is 18.2 Å². The first-order valence-corrected chi connectivity index (χ1v) is 3.85. The van der Waals surface area contributed by atoms with Crippen LogP contribution >= 0.6 is 0 Å². The summed E-state index contributed by atoms with van der Waals surface area (Å²) in [5, 5.41) is 9.18. The van der Waals surface area contributed by atoms with Crippen molar-refractivity contribution in [3.05, 3.63) is 35.2 Å². The molecule has 2 nitrogen and oxygen atoms in total. The highest BCUT2D eigenvalue weighted by molar-refractivity contribution is 5.56. The summed E-state index contributed by atoms with van der Waals surface area (Å²) in [5.74, 6) is 0.507. The van der Waals surface area contributed by atoms with Crippen molar-refractivity contribution in [1.29, 1.82) is 0 Å². The van der Waals surface area contributed by atoms with Gasteiger partial charge in [-0.1, -0.05) is 19.9 Å². The Kier molecular flexibility index (Phi) is 2.35. The predicted octanol–water partition coefficient (Wildman–Crippen LogP) is 3.07. The maximum atomic E-state index is 9.18. The summed E-state index contributed by atoms with van der Waals surface area (Å²) in [6.45, 7) is 10.9. The SMILES string of the molecule is [C-]#[N+]c1ccc(O)cc1C(C)C. The predicted molar refractivity (Wildman–Crippen MR) is 48.5 cm³/mol. The van der Waals surface area contributed by atoms with E-state index >= 15 is 0 Å². The number of benzene rings is 1. The van der Waals surface area contributed by atoms with Crippen molar-refractivity contribution in [2.24, 2.45) is 0 Å². The average Bonchev–Trinajstić information content (AvgIpc) is 2.04. The van der Waals surface area contributed by atoms with Crippen molar-refractivity contribution < 1.29 is 5.11 Å². The summed E-state index contributed by atoms with van der Waals surface area (Å²) in [5.41, 5.74) is 1.54. The van der Waals surface area contributed by atoms with Crippen LogP contribution < -0.4 is 0 Å². The fourth-order valence-electron chi connectivity index (χ4n) is 1.11. The summed E-state index contributed by atoms with van der Waals surface area (Å²) in [6.07, 6.45) is 0. The molecule has 0 saturated carbocycles. The van der Waals surface area contributed by atoms with Crippen LogP contribution in [-0.4, -0.2) is 5.11 Å². The van der Waals surface area contributed by atoms with Gasteiger partial charge in [0.2, 0.25) is 0 Å². The van der Waals surface area contributed by atoms with E-state index in [-0.39, 0.29) is 11.7 Å². The molecular formula is C10H11NO. The van der Waals surface area contributed by atoms with Gasteiger partial charge in [-0.05, 0) is 23.6 Å². The van der Waals surface area contributed by atoms with Crippen LogP contribution in [0.5, 0.6) is 5.75 Å². The molecular weight excluding hydrogens is 150 g/mol. The quantitative estimate of drug-likeness (QED) is 0.629. The maximum absolute atomic E-state index is 9.18. The lowest BCUT2D eigenvalue weighted by Gasteiger charge is -2.07. The Balaban J connectivity index is 3.24. The van der Waals surface area contributed by atoms with Gasteiger partial charge in [0.1, 0.15) is 5.75 Å². The molecule has 0 spiro atoms. The molecule has 12 heavy (non-hydrogen) atoms. The normalized spacial score (nSPS) is 9.83. The standard InChI is InChI=1S/C10H11NO/c1-7(2)9-6-8(12)4-5-10(9)11-3/h4-7,12H,1-2H3. The highest BCUT2D eigenvalue weighted by Crippen LogP contribution is 2.29. The van der Waals surface area contributed by atoms with Crippen molar-refractivity contribution in [3.8, 4) is 5.75 Å². The Hall–Kier alpha value is -1.49. The summed E-state index contributed by atoms with van der Waals surface area (Å²) in [4.78, 5) is 3.37. The molecule has 0 aliphatic carbocycles. The molecule has 0 amide bonds. The number of hydrogen-bond acceptors (Lipinski definition) is 1. The molecule has 0 unspecified atom stereocenters. The van der Waals surface area contributed by atoms with Crippen molar-refractivity contribution in [1.82, 2.24) is 0 Å². The topological polar surface area (TPSA) is 24.6 Å². The second-order valence-electron chi connectivity index (χ2n) is 3.01. The Labute approximate surface area is 72.3 Å². The zero-order valence-corrected chi connectivity index (χ0v) is 7.20. The molecule has 0 radical (unpaired) electrons. The average molecular weight is 161 g/mol. The van der Waals surface area contributed by atoms with Gasteiger partial charge in [-0.25, -0.2) is 4.85 Å². The lowest BCUT2D eigenvalue weighted by Crippen LogP contribution is -1.86. The molecule has 1 N–H and O–H groups in total. The third-order valence-corrected chi connectivity index (χ3v) is 1.75.